The molecule has 0 spiro atoms. The van der Waals surface area contributed by atoms with Gasteiger partial charge in [-0.1, -0.05) is 18.2 Å². The summed E-state index contributed by atoms with van der Waals surface area (Å²) in [4.78, 5) is 24.5. The highest BCUT2D eigenvalue weighted by molar-refractivity contribution is 5.96. The molecule has 2 rings (SSSR count). The van der Waals surface area contributed by atoms with Crippen molar-refractivity contribution in [3.8, 4) is 5.75 Å². The monoisotopic (exact) mass is 360 g/mol. The minimum Gasteiger partial charge on any atom is -0.497 e. The Balaban J connectivity index is 2.45. The standard InChI is InChI=1S/C20H24O6/c1-12-10-15(25-3)11-14-7-5-9-17(22)19(23)16(21)8-4-6-13(2)26-20(24)18(12)14/h4-5,7-8,10-11,13,17,19,22-23H,6,9H2,1-3H3/b7-5+,8-4-/t13-,17-,19+/m0/s1. The number of ketones is 1. The van der Waals surface area contributed by atoms with Crippen molar-refractivity contribution in [3.05, 3.63) is 47.1 Å². The van der Waals surface area contributed by atoms with Crippen molar-refractivity contribution >= 4 is 17.8 Å². The van der Waals surface area contributed by atoms with Gasteiger partial charge in [0, 0.05) is 6.42 Å². The Bertz CT molecular complexity index is 734. The van der Waals surface area contributed by atoms with Gasteiger partial charge in [0.15, 0.2) is 5.78 Å². The molecule has 3 atom stereocenters. The summed E-state index contributed by atoms with van der Waals surface area (Å²) in [5.74, 6) is -0.458. The Hall–Kier alpha value is -2.44. The van der Waals surface area contributed by atoms with Gasteiger partial charge in [-0.3, -0.25) is 4.79 Å². The number of hydrogen-bond acceptors (Lipinski definition) is 6. The first-order valence-corrected chi connectivity index (χ1v) is 8.46. The number of carbonyl (C=O) groups is 2. The van der Waals surface area contributed by atoms with Gasteiger partial charge < -0.3 is 19.7 Å². The van der Waals surface area contributed by atoms with E-state index in [-0.39, 0.29) is 6.42 Å². The van der Waals surface area contributed by atoms with E-state index in [1.165, 1.54) is 19.3 Å². The molecule has 0 aromatic heterocycles. The number of hydrogen-bond donors (Lipinski definition) is 2. The van der Waals surface area contributed by atoms with E-state index in [1.54, 1.807) is 38.1 Å². The number of cyclic esters (lactones) is 1. The minimum absolute atomic E-state index is 0.0574. The van der Waals surface area contributed by atoms with Crippen LogP contribution in [-0.4, -0.2) is 47.4 Å². The lowest BCUT2D eigenvalue weighted by molar-refractivity contribution is -0.127. The van der Waals surface area contributed by atoms with Gasteiger partial charge in [-0.25, -0.2) is 4.79 Å². The summed E-state index contributed by atoms with van der Waals surface area (Å²) in [6.45, 7) is 3.51. The molecule has 0 unspecified atom stereocenters. The lowest BCUT2D eigenvalue weighted by Crippen LogP contribution is -2.32. The predicted molar refractivity (Wildman–Crippen MR) is 97.0 cm³/mol. The average molecular weight is 360 g/mol. The molecule has 1 aliphatic heterocycles. The maximum atomic E-state index is 12.6. The zero-order valence-corrected chi connectivity index (χ0v) is 15.1. The number of carbonyl (C=O) groups excluding carboxylic acids is 2. The normalized spacial score (nSPS) is 27.0. The second-order valence-corrected chi connectivity index (χ2v) is 6.32. The van der Waals surface area contributed by atoms with Crippen LogP contribution in [0.4, 0.5) is 0 Å². The van der Waals surface area contributed by atoms with Crippen LogP contribution in [0.15, 0.2) is 30.4 Å². The second kappa shape index (κ2) is 8.78. The summed E-state index contributed by atoms with van der Waals surface area (Å²) in [5.41, 5.74) is 1.71. The fraction of sp³-hybridized carbons (Fsp3) is 0.400. The highest BCUT2D eigenvalue weighted by atomic mass is 16.5. The number of aliphatic hydroxyl groups excluding tert-OH is 2. The van der Waals surface area contributed by atoms with Crippen molar-refractivity contribution in [2.45, 2.75) is 45.0 Å². The number of fused-ring (bicyclic) bond motifs is 1. The average Bonchev–Trinajstić information content (AvgIpc) is 2.59. The number of methoxy groups -OCH3 is 1. The van der Waals surface area contributed by atoms with Crippen molar-refractivity contribution in [2.75, 3.05) is 7.11 Å². The molecule has 0 aliphatic carbocycles. The maximum absolute atomic E-state index is 12.6. The summed E-state index contributed by atoms with van der Waals surface area (Å²) in [6, 6.07) is 3.45. The number of aryl methyl sites for hydroxylation is 1. The molecule has 0 amide bonds. The molecule has 1 aliphatic rings. The highest BCUT2D eigenvalue weighted by Crippen LogP contribution is 2.25. The fourth-order valence-corrected chi connectivity index (χ4v) is 2.73. The quantitative estimate of drug-likeness (QED) is 0.746. The first kappa shape index (κ1) is 19.9. The molecule has 0 bridgehead atoms. The molecule has 6 nitrogen and oxygen atoms in total. The van der Waals surface area contributed by atoms with E-state index in [9.17, 15) is 19.8 Å². The molecule has 2 N–H and O–H groups in total. The van der Waals surface area contributed by atoms with Gasteiger partial charge in [0.05, 0.1) is 18.8 Å². The lowest BCUT2D eigenvalue weighted by Gasteiger charge is -2.17. The molecule has 0 saturated carbocycles. The van der Waals surface area contributed by atoms with Crippen LogP contribution in [0.3, 0.4) is 0 Å². The summed E-state index contributed by atoms with van der Waals surface area (Å²) in [7, 11) is 1.53. The van der Waals surface area contributed by atoms with Crippen LogP contribution in [0.5, 0.6) is 5.75 Å². The third-order valence-electron chi connectivity index (χ3n) is 4.17. The van der Waals surface area contributed by atoms with E-state index in [4.69, 9.17) is 9.47 Å². The second-order valence-electron chi connectivity index (χ2n) is 6.32. The van der Waals surface area contributed by atoms with Gasteiger partial charge in [0.2, 0.25) is 0 Å². The molecule has 1 aromatic rings. The van der Waals surface area contributed by atoms with Gasteiger partial charge in [-0.05, 0) is 49.6 Å². The van der Waals surface area contributed by atoms with Gasteiger partial charge in [0.25, 0.3) is 0 Å². The first-order chi connectivity index (χ1) is 12.3. The van der Waals surface area contributed by atoms with Crippen molar-refractivity contribution in [2.24, 2.45) is 0 Å². The minimum atomic E-state index is -1.50. The summed E-state index contributed by atoms with van der Waals surface area (Å²) in [6.07, 6.45) is 3.19. The van der Waals surface area contributed by atoms with Gasteiger partial charge in [-0.15, -0.1) is 0 Å². The van der Waals surface area contributed by atoms with Crippen molar-refractivity contribution in [3.63, 3.8) is 0 Å². The Morgan fingerprint density at radius 3 is 2.50 bits per heavy atom. The molecule has 0 saturated heterocycles. The molecule has 0 fully saturated rings. The number of ether oxygens (including phenoxy) is 2. The van der Waals surface area contributed by atoms with E-state index in [0.29, 0.717) is 28.9 Å². The van der Waals surface area contributed by atoms with Crippen LogP contribution in [-0.2, 0) is 9.53 Å². The van der Waals surface area contributed by atoms with Gasteiger partial charge in [-0.2, -0.15) is 0 Å². The largest absolute Gasteiger partial charge is 0.497 e. The number of rotatable bonds is 1. The van der Waals surface area contributed by atoms with Crippen molar-refractivity contribution < 1.29 is 29.3 Å². The molecule has 26 heavy (non-hydrogen) atoms. The van der Waals surface area contributed by atoms with Crippen LogP contribution < -0.4 is 4.74 Å². The van der Waals surface area contributed by atoms with Crippen molar-refractivity contribution in [1.82, 2.24) is 0 Å². The van der Waals surface area contributed by atoms with Gasteiger partial charge >= 0.3 is 5.97 Å². The molecular weight excluding hydrogens is 336 g/mol. The molecule has 6 heteroatoms. The highest BCUT2D eigenvalue weighted by Gasteiger charge is 2.22. The zero-order chi connectivity index (χ0) is 19.3. The Morgan fingerprint density at radius 1 is 1.12 bits per heavy atom. The van der Waals surface area contributed by atoms with E-state index in [2.05, 4.69) is 0 Å². The summed E-state index contributed by atoms with van der Waals surface area (Å²) >= 11 is 0. The maximum Gasteiger partial charge on any atom is 0.339 e. The SMILES string of the molecule is COc1cc(C)c2c(c1)/C=C/C[C@H](O)[C@H](O)C(=O)/C=C\C[C@H](C)OC2=O. The Labute approximate surface area is 152 Å². The van der Waals surface area contributed by atoms with E-state index < -0.39 is 30.1 Å². The number of benzene rings is 1. The van der Waals surface area contributed by atoms with E-state index >= 15 is 0 Å². The van der Waals surface area contributed by atoms with Crippen LogP contribution in [0.25, 0.3) is 6.08 Å². The fourth-order valence-electron chi connectivity index (χ4n) is 2.73. The number of esters is 1. The molecule has 1 aromatic carbocycles. The molecule has 1 heterocycles. The van der Waals surface area contributed by atoms with E-state index in [1.807, 2.05) is 0 Å². The third kappa shape index (κ3) is 4.80. The molecular formula is C20H24O6. The Kier molecular flexibility index (Phi) is 6.71. The lowest BCUT2D eigenvalue weighted by atomic mass is 9.99. The first-order valence-electron chi connectivity index (χ1n) is 8.46. The molecule has 140 valence electrons. The van der Waals surface area contributed by atoms with Crippen LogP contribution >= 0.6 is 0 Å². The van der Waals surface area contributed by atoms with E-state index in [0.717, 1.165) is 0 Å². The van der Waals surface area contributed by atoms with Crippen LogP contribution in [0.1, 0.15) is 41.3 Å². The van der Waals surface area contributed by atoms with Crippen molar-refractivity contribution in [1.29, 1.82) is 0 Å². The zero-order valence-electron chi connectivity index (χ0n) is 15.1. The number of aliphatic hydroxyl groups is 2. The molecule has 0 radical (unpaired) electrons. The predicted octanol–water partition coefficient (Wildman–Crippen LogP) is 2.20. The third-order valence-corrected chi connectivity index (χ3v) is 4.17. The van der Waals surface area contributed by atoms with Crippen LogP contribution in [0.2, 0.25) is 0 Å². The smallest absolute Gasteiger partial charge is 0.339 e. The Morgan fingerprint density at radius 2 is 1.81 bits per heavy atom. The summed E-state index contributed by atoms with van der Waals surface area (Å²) < 4.78 is 10.7. The summed E-state index contributed by atoms with van der Waals surface area (Å²) in [5, 5.41) is 19.9. The topological polar surface area (TPSA) is 93.1 Å². The van der Waals surface area contributed by atoms with Gasteiger partial charge in [0.1, 0.15) is 18.0 Å². The van der Waals surface area contributed by atoms with Crippen LogP contribution in [0, 0.1) is 6.92 Å².